The van der Waals surface area contributed by atoms with Crippen LogP contribution in [0.5, 0.6) is 0 Å². The molecule has 0 fully saturated rings. The van der Waals surface area contributed by atoms with Crippen molar-refractivity contribution in [2.24, 2.45) is 0 Å². The van der Waals surface area contributed by atoms with Gasteiger partial charge in [0.2, 0.25) is 0 Å². The molecule has 0 aliphatic heterocycles. The number of aromatic nitrogens is 1. The first-order valence-corrected chi connectivity index (χ1v) is 19.8. The van der Waals surface area contributed by atoms with E-state index in [0.29, 0.717) is 0 Å². The van der Waals surface area contributed by atoms with Crippen molar-refractivity contribution in [3.05, 3.63) is 241 Å². The summed E-state index contributed by atoms with van der Waals surface area (Å²) in [5, 5.41) is 2.46. The van der Waals surface area contributed by atoms with Crippen LogP contribution in [0.2, 0.25) is 0 Å². The Morgan fingerprint density at radius 1 is 0.351 bits per heavy atom. The molecule has 12 rings (SSSR count). The van der Waals surface area contributed by atoms with Crippen molar-refractivity contribution in [3.8, 4) is 39.1 Å². The fourth-order valence-electron chi connectivity index (χ4n) is 10.1. The molecule has 1 heterocycles. The first-order valence-electron chi connectivity index (χ1n) is 19.8. The van der Waals surface area contributed by atoms with E-state index in [1.165, 1.54) is 77.4 Å². The van der Waals surface area contributed by atoms with Gasteiger partial charge in [-0.25, -0.2) is 0 Å². The van der Waals surface area contributed by atoms with E-state index in [9.17, 15) is 0 Å². The van der Waals surface area contributed by atoms with Crippen LogP contribution in [0.3, 0.4) is 0 Å². The van der Waals surface area contributed by atoms with E-state index in [0.717, 1.165) is 22.7 Å². The summed E-state index contributed by atoms with van der Waals surface area (Å²) < 4.78 is 2.39. The zero-order valence-electron chi connectivity index (χ0n) is 31.2. The van der Waals surface area contributed by atoms with Crippen molar-refractivity contribution in [3.63, 3.8) is 0 Å². The van der Waals surface area contributed by atoms with Gasteiger partial charge in [0, 0.05) is 33.4 Å². The second kappa shape index (κ2) is 12.3. The Bertz CT molecular complexity index is 3150. The van der Waals surface area contributed by atoms with Crippen LogP contribution >= 0.6 is 0 Å². The molecule has 0 bridgehead atoms. The normalized spacial score (nSPS) is 13.1. The van der Waals surface area contributed by atoms with Crippen molar-refractivity contribution in [2.45, 2.75) is 5.41 Å². The van der Waals surface area contributed by atoms with Crippen LogP contribution in [0, 0.1) is 0 Å². The number of anilines is 3. The zero-order valence-corrected chi connectivity index (χ0v) is 31.2. The monoisotopic (exact) mass is 724 g/mol. The van der Waals surface area contributed by atoms with Crippen LogP contribution in [0.15, 0.2) is 218 Å². The molecule has 9 aromatic carbocycles. The molecule has 2 aliphatic carbocycles. The van der Waals surface area contributed by atoms with E-state index < -0.39 is 5.41 Å². The maximum Gasteiger partial charge on any atom is 0.0726 e. The van der Waals surface area contributed by atoms with Gasteiger partial charge in [0.15, 0.2) is 0 Å². The molecule has 2 heteroatoms. The molecule has 1 aromatic heterocycles. The summed E-state index contributed by atoms with van der Waals surface area (Å²) in [7, 11) is 0. The van der Waals surface area contributed by atoms with Crippen LogP contribution in [-0.4, -0.2) is 4.57 Å². The van der Waals surface area contributed by atoms with Gasteiger partial charge in [-0.05, 0) is 105 Å². The number of hydrogen-bond donors (Lipinski definition) is 0. The molecule has 0 N–H and O–H groups in total. The minimum atomic E-state index is -0.431. The van der Waals surface area contributed by atoms with Crippen molar-refractivity contribution in [1.29, 1.82) is 0 Å². The van der Waals surface area contributed by atoms with E-state index in [1.807, 2.05) is 0 Å². The van der Waals surface area contributed by atoms with E-state index in [-0.39, 0.29) is 0 Å². The van der Waals surface area contributed by atoms with Gasteiger partial charge in [-0.15, -0.1) is 0 Å². The summed E-state index contributed by atoms with van der Waals surface area (Å²) in [6.45, 7) is 0. The molecule has 10 aromatic rings. The molecule has 2 aliphatic rings. The van der Waals surface area contributed by atoms with E-state index in [2.05, 4.69) is 228 Å². The maximum absolute atomic E-state index is 2.50. The van der Waals surface area contributed by atoms with Crippen LogP contribution in [0.4, 0.5) is 17.1 Å². The number of benzene rings is 9. The summed E-state index contributed by atoms with van der Waals surface area (Å²) in [5.74, 6) is 0. The summed E-state index contributed by atoms with van der Waals surface area (Å²) >= 11 is 0. The predicted molar refractivity (Wildman–Crippen MR) is 237 cm³/mol. The summed E-state index contributed by atoms with van der Waals surface area (Å²) in [4.78, 5) is 2.50. The zero-order chi connectivity index (χ0) is 37.5. The molecule has 0 unspecified atom stereocenters. The highest BCUT2D eigenvalue weighted by molar-refractivity contribution is 6.11. The average Bonchev–Trinajstić information content (AvgIpc) is 3.89. The Labute approximate surface area is 332 Å². The smallest absolute Gasteiger partial charge is 0.0726 e. The van der Waals surface area contributed by atoms with Gasteiger partial charge in [0.25, 0.3) is 0 Å². The Hall–Kier alpha value is -7.42. The van der Waals surface area contributed by atoms with Crippen LogP contribution < -0.4 is 4.90 Å². The molecule has 0 saturated heterocycles. The lowest BCUT2D eigenvalue weighted by atomic mass is 9.70. The fourth-order valence-corrected chi connectivity index (χ4v) is 10.1. The largest absolute Gasteiger partial charge is 0.310 e. The first-order chi connectivity index (χ1) is 28.3. The third-order valence-electron chi connectivity index (χ3n) is 12.4. The summed E-state index contributed by atoms with van der Waals surface area (Å²) in [6, 6.07) is 80.5. The second-order valence-electron chi connectivity index (χ2n) is 15.2. The lowest BCUT2D eigenvalue weighted by Crippen LogP contribution is -2.26. The van der Waals surface area contributed by atoms with Gasteiger partial charge >= 0.3 is 0 Å². The molecule has 0 amide bonds. The highest BCUT2D eigenvalue weighted by Crippen LogP contribution is 2.64. The van der Waals surface area contributed by atoms with Crippen LogP contribution in [0.1, 0.15) is 22.3 Å². The van der Waals surface area contributed by atoms with Crippen molar-refractivity contribution in [2.75, 3.05) is 4.90 Å². The van der Waals surface area contributed by atoms with Crippen LogP contribution in [-0.2, 0) is 5.41 Å². The first kappa shape index (κ1) is 31.9. The molecule has 2 nitrogen and oxygen atoms in total. The molecule has 0 saturated carbocycles. The Morgan fingerprint density at radius 2 is 0.895 bits per heavy atom. The third kappa shape index (κ3) is 4.47. The lowest BCUT2D eigenvalue weighted by molar-refractivity contribution is 0.794. The third-order valence-corrected chi connectivity index (χ3v) is 12.4. The maximum atomic E-state index is 2.50. The molecule has 1 spiro atoms. The number of para-hydroxylation sites is 2. The average molecular weight is 725 g/mol. The lowest BCUT2D eigenvalue weighted by Gasteiger charge is -2.32. The minimum Gasteiger partial charge on any atom is -0.310 e. The summed E-state index contributed by atoms with van der Waals surface area (Å²) in [5.41, 5.74) is 19.4. The van der Waals surface area contributed by atoms with Gasteiger partial charge in [-0.1, -0.05) is 164 Å². The SMILES string of the molecule is c1ccc(-c2cccc(N(c3ccc4c(c3)c3ccccc3n4-c3ccccc3)c3cccc4c3-c3ccccc3C43c4ccccc4-c4ccccc43)c2)cc1. The van der Waals surface area contributed by atoms with Gasteiger partial charge in [0.05, 0.1) is 22.1 Å². The Balaban J connectivity index is 1.16. The van der Waals surface area contributed by atoms with Gasteiger partial charge in [0.1, 0.15) is 0 Å². The quantitative estimate of drug-likeness (QED) is 0.172. The van der Waals surface area contributed by atoms with Crippen molar-refractivity contribution in [1.82, 2.24) is 4.57 Å². The van der Waals surface area contributed by atoms with Crippen molar-refractivity contribution >= 4 is 38.9 Å². The van der Waals surface area contributed by atoms with Crippen LogP contribution in [0.25, 0.3) is 60.9 Å². The highest BCUT2D eigenvalue weighted by atomic mass is 15.1. The topological polar surface area (TPSA) is 8.17 Å². The minimum absolute atomic E-state index is 0.431. The molecule has 266 valence electrons. The van der Waals surface area contributed by atoms with Gasteiger partial charge < -0.3 is 9.47 Å². The molecule has 0 atom stereocenters. The standard InChI is InChI=1S/C55H36N2/c1-3-17-37(18-4-1)38-19-15-22-40(35-38)56(41-33-34-52-46(36-41)44-25-10-14-31-51(44)57(52)39-20-5-2-6-21-39)53-32-16-30-50-54(53)45-26-9-13-29-49(45)55(50)47-27-11-7-23-42(47)43-24-8-12-28-48(43)55/h1-36H. The Morgan fingerprint density at radius 3 is 1.65 bits per heavy atom. The molecular weight excluding hydrogens is 689 g/mol. The molecule has 0 radical (unpaired) electrons. The summed E-state index contributed by atoms with van der Waals surface area (Å²) in [6.07, 6.45) is 0. The second-order valence-corrected chi connectivity index (χ2v) is 15.2. The number of fused-ring (bicyclic) bond motifs is 13. The highest BCUT2D eigenvalue weighted by Gasteiger charge is 2.52. The van der Waals surface area contributed by atoms with E-state index in [4.69, 9.17) is 0 Å². The number of nitrogens with zero attached hydrogens (tertiary/aromatic N) is 2. The molecular formula is C55H36N2. The van der Waals surface area contributed by atoms with Crippen molar-refractivity contribution < 1.29 is 0 Å². The Kier molecular flexibility index (Phi) is 6.88. The number of hydrogen-bond acceptors (Lipinski definition) is 1. The van der Waals surface area contributed by atoms with Gasteiger partial charge in [-0.2, -0.15) is 0 Å². The van der Waals surface area contributed by atoms with Gasteiger partial charge in [-0.3, -0.25) is 0 Å². The molecule has 57 heavy (non-hydrogen) atoms. The van der Waals surface area contributed by atoms with E-state index in [1.54, 1.807) is 0 Å². The number of rotatable bonds is 5. The van der Waals surface area contributed by atoms with E-state index >= 15 is 0 Å². The fraction of sp³-hybridized carbons (Fsp3) is 0.0182. The predicted octanol–water partition coefficient (Wildman–Crippen LogP) is 14.3.